The van der Waals surface area contributed by atoms with Gasteiger partial charge in [0.05, 0.1) is 0 Å². The van der Waals surface area contributed by atoms with E-state index in [4.69, 9.17) is 0 Å². The average Bonchev–Trinajstić information content (AvgIpc) is 1.94. The zero-order valence-electron chi connectivity index (χ0n) is 6.28. The van der Waals surface area contributed by atoms with Crippen molar-refractivity contribution in [3.05, 3.63) is 24.1 Å². The normalized spacial score (nSPS) is 12.0. The predicted octanol–water partition coefficient (Wildman–Crippen LogP) is 0.341. The summed E-state index contributed by atoms with van der Waals surface area (Å²) >= 11 is 0. The van der Waals surface area contributed by atoms with Gasteiger partial charge in [-0.1, -0.05) is 0 Å². The Morgan fingerprint density at radius 2 is 2.50 bits per heavy atom. The van der Waals surface area contributed by atoms with Crippen LogP contribution >= 0.6 is 0 Å². The average molecular weight is 137 g/mol. The molecule has 0 spiro atoms. The highest BCUT2D eigenvalue weighted by molar-refractivity contribution is 4.78. The Kier molecular flexibility index (Phi) is 2.20. The van der Waals surface area contributed by atoms with E-state index in [1.807, 2.05) is 30.8 Å². The van der Waals surface area contributed by atoms with Crippen LogP contribution in [0.5, 0.6) is 0 Å². The molecule has 0 bridgehead atoms. The first-order valence-electron chi connectivity index (χ1n) is 3.32. The second kappa shape index (κ2) is 3.15. The number of aryl methyl sites for hydroxylation is 1. The summed E-state index contributed by atoms with van der Waals surface area (Å²) in [6.45, 7) is 2.78. The third-order valence-corrected chi connectivity index (χ3v) is 1.20. The van der Waals surface area contributed by atoms with Crippen LogP contribution in [0.2, 0.25) is 0 Å². The van der Waals surface area contributed by atoms with Crippen LogP contribution in [0.3, 0.4) is 0 Å². The van der Waals surface area contributed by atoms with Crippen molar-refractivity contribution in [2.45, 2.75) is 6.92 Å². The van der Waals surface area contributed by atoms with Crippen LogP contribution in [0.25, 0.3) is 0 Å². The molecule has 1 rings (SSSR count). The zero-order chi connectivity index (χ0) is 7.40. The molecule has 0 aliphatic rings. The van der Waals surface area contributed by atoms with Crippen molar-refractivity contribution in [1.82, 2.24) is 9.55 Å². The first-order chi connectivity index (χ1) is 4.84. The third kappa shape index (κ3) is 1.43. The standard InChI is InChI=1S/C7H11N3/c1-3-8-7-9-5-4-6-10(7)2/h4-6H,3H2,1-2H3. The van der Waals surface area contributed by atoms with E-state index in [0.717, 1.165) is 12.2 Å². The van der Waals surface area contributed by atoms with Crippen molar-refractivity contribution in [2.24, 2.45) is 12.0 Å². The molecule has 0 amide bonds. The summed E-state index contributed by atoms with van der Waals surface area (Å²) in [5.41, 5.74) is 0.782. The molecule has 1 aromatic heterocycles. The fraction of sp³-hybridized carbons (Fsp3) is 0.429. The molecule has 3 heteroatoms. The van der Waals surface area contributed by atoms with Crippen LogP contribution in [0.15, 0.2) is 23.5 Å². The Morgan fingerprint density at radius 1 is 1.70 bits per heavy atom. The number of aromatic nitrogens is 2. The number of rotatable bonds is 1. The van der Waals surface area contributed by atoms with E-state index in [0.29, 0.717) is 0 Å². The lowest BCUT2D eigenvalue weighted by atomic mass is 10.6. The molecule has 3 nitrogen and oxygen atoms in total. The molecule has 10 heavy (non-hydrogen) atoms. The lowest BCUT2D eigenvalue weighted by molar-refractivity contribution is 0.759. The largest absolute Gasteiger partial charge is 0.321 e. The van der Waals surface area contributed by atoms with Gasteiger partial charge >= 0.3 is 0 Å². The first-order valence-corrected chi connectivity index (χ1v) is 3.32. The molecule has 1 heterocycles. The van der Waals surface area contributed by atoms with Gasteiger partial charge in [0.1, 0.15) is 0 Å². The predicted molar refractivity (Wildman–Crippen MR) is 39.3 cm³/mol. The van der Waals surface area contributed by atoms with Crippen molar-refractivity contribution < 1.29 is 0 Å². The fourth-order valence-corrected chi connectivity index (χ4v) is 0.729. The topological polar surface area (TPSA) is 30.2 Å². The molecule has 0 fully saturated rings. The molecule has 54 valence electrons. The third-order valence-electron chi connectivity index (χ3n) is 1.20. The molecule has 0 aliphatic heterocycles. The van der Waals surface area contributed by atoms with E-state index in [2.05, 4.69) is 9.98 Å². The van der Waals surface area contributed by atoms with Crippen LogP contribution in [-0.2, 0) is 7.05 Å². The van der Waals surface area contributed by atoms with Gasteiger partial charge in [0.25, 0.3) is 0 Å². The molecule has 1 aromatic rings. The molecular weight excluding hydrogens is 126 g/mol. The highest BCUT2D eigenvalue weighted by Crippen LogP contribution is 1.71. The Morgan fingerprint density at radius 3 is 3.10 bits per heavy atom. The van der Waals surface area contributed by atoms with Crippen molar-refractivity contribution in [2.75, 3.05) is 6.54 Å². The number of hydrogen-bond donors (Lipinski definition) is 0. The summed E-state index contributed by atoms with van der Waals surface area (Å²) in [5.74, 6) is 0. The highest BCUT2D eigenvalue weighted by atomic mass is 15.1. The smallest absolute Gasteiger partial charge is 0.224 e. The van der Waals surface area contributed by atoms with Crippen LogP contribution in [0.1, 0.15) is 6.92 Å². The Labute approximate surface area is 60.1 Å². The second-order valence-electron chi connectivity index (χ2n) is 2.00. The van der Waals surface area contributed by atoms with Gasteiger partial charge < -0.3 is 4.57 Å². The van der Waals surface area contributed by atoms with Gasteiger partial charge in [-0.3, -0.25) is 4.99 Å². The van der Waals surface area contributed by atoms with Gasteiger partial charge in [-0.05, 0) is 13.0 Å². The molecule has 0 aromatic carbocycles. The summed E-state index contributed by atoms with van der Waals surface area (Å²) in [7, 11) is 1.93. The van der Waals surface area contributed by atoms with Crippen LogP contribution in [0.4, 0.5) is 0 Å². The van der Waals surface area contributed by atoms with E-state index in [-0.39, 0.29) is 0 Å². The molecule has 0 unspecified atom stereocenters. The van der Waals surface area contributed by atoms with Crippen molar-refractivity contribution in [3.63, 3.8) is 0 Å². The fourth-order valence-electron chi connectivity index (χ4n) is 0.729. The van der Waals surface area contributed by atoms with E-state index in [1.165, 1.54) is 0 Å². The molecular formula is C7H11N3. The summed E-state index contributed by atoms with van der Waals surface area (Å²) in [6.07, 6.45) is 3.68. The Hall–Kier alpha value is -1.12. The van der Waals surface area contributed by atoms with Crippen molar-refractivity contribution in [3.8, 4) is 0 Å². The SMILES string of the molecule is CCN=c1ncccn1C. The minimum Gasteiger partial charge on any atom is -0.321 e. The molecule has 0 aliphatic carbocycles. The maximum absolute atomic E-state index is 4.16. The van der Waals surface area contributed by atoms with Gasteiger partial charge in [0.15, 0.2) is 0 Å². The lowest BCUT2D eigenvalue weighted by Gasteiger charge is -1.94. The number of nitrogens with zero attached hydrogens (tertiary/aromatic N) is 3. The molecule has 0 radical (unpaired) electrons. The van der Waals surface area contributed by atoms with E-state index in [9.17, 15) is 0 Å². The molecule has 0 atom stereocenters. The van der Waals surface area contributed by atoms with Crippen molar-refractivity contribution >= 4 is 0 Å². The quantitative estimate of drug-likeness (QED) is 0.549. The van der Waals surface area contributed by atoms with Gasteiger partial charge in [-0.2, -0.15) is 0 Å². The maximum atomic E-state index is 4.16. The van der Waals surface area contributed by atoms with E-state index in [1.54, 1.807) is 6.20 Å². The molecule has 0 N–H and O–H groups in total. The van der Waals surface area contributed by atoms with E-state index < -0.39 is 0 Å². The van der Waals surface area contributed by atoms with Crippen LogP contribution in [0, 0.1) is 0 Å². The van der Waals surface area contributed by atoms with Crippen molar-refractivity contribution in [1.29, 1.82) is 0 Å². The summed E-state index contributed by atoms with van der Waals surface area (Å²) < 4.78 is 1.89. The monoisotopic (exact) mass is 137 g/mol. The van der Waals surface area contributed by atoms with Gasteiger partial charge in [0, 0.05) is 26.0 Å². The maximum Gasteiger partial charge on any atom is 0.224 e. The summed E-state index contributed by atoms with van der Waals surface area (Å²) in [5, 5.41) is 0. The summed E-state index contributed by atoms with van der Waals surface area (Å²) in [6, 6.07) is 1.88. The Bertz CT molecular complexity index is 262. The molecule has 0 saturated heterocycles. The minimum atomic E-state index is 0.782. The second-order valence-corrected chi connectivity index (χ2v) is 2.00. The van der Waals surface area contributed by atoms with E-state index >= 15 is 0 Å². The van der Waals surface area contributed by atoms with Gasteiger partial charge in [-0.25, -0.2) is 4.98 Å². The Balaban J connectivity index is 3.15. The van der Waals surface area contributed by atoms with Gasteiger partial charge in [-0.15, -0.1) is 0 Å². The van der Waals surface area contributed by atoms with Crippen LogP contribution < -0.4 is 5.62 Å². The highest BCUT2D eigenvalue weighted by Gasteiger charge is 1.81. The van der Waals surface area contributed by atoms with Crippen LogP contribution in [-0.4, -0.2) is 16.1 Å². The minimum absolute atomic E-state index is 0.782. The van der Waals surface area contributed by atoms with Gasteiger partial charge in [0.2, 0.25) is 5.62 Å². The lowest BCUT2D eigenvalue weighted by Crippen LogP contribution is -2.20. The molecule has 0 saturated carbocycles. The zero-order valence-corrected chi connectivity index (χ0v) is 6.28. The first kappa shape index (κ1) is 6.99. The number of hydrogen-bond acceptors (Lipinski definition) is 2. The summed E-state index contributed by atoms with van der Waals surface area (Å²) in [4.78, 5) is 8.22.